The van der Waals surface area contributed by atoms with Crippen molar-refractivity contribution in [3.05, 3.63) is 70.2 Å². The smallest absolute Gasteiger partial charge is 0.261 e. The number of fused-ring (bicyclic) bond motifs is 1. The summed E-state index contributed by atoms with van der Waals surface area (Å²) >= 11 is 0. The van der Waals surface area contributed by atoms with Crippen LogP contribution in [0.25, 0.3) is 11.5 Å². The van der Waals surface area contributed by atoms with Gasteiger partial charge in [-0.3, -0.25) is 9.59 Å². The third-order valence-corrected chi connectivity index (χ3v) is 4.13. The molecule has 3 heterocycles. The molecule has 0 aliphatic carbocycles. The maximum Gasteiger partial charge on any atom is 0.261 e. The van der Waals surface area contributed by atoms with E-state index in [4.69, 9.17) is 13.9 Å². The van der Waals surface area contributed by atoms with Crippen molar-refractivity contribution in [1.29, 1.82) is 0 Å². The molecule has 1 aromatic carbocycles. The first-order valence-electron chi connectivity index (χ1n) is 8.03. The lowest BCUT2D eigenvalue weighted by Crippen LogP contribution is -2.31. The molecule has 0 unspecified atom stereocenters. The maximum absolute atomic E-state index is 12.6. The number of furan rings is 1. The largest absolute Gasteiger partial charge is 0.463 e. The normalized spacial score (nSPS) is 12.2. The third-order valence-electron chi connectivity index (χ3n) is 4.13. The van der Waals surface area contributed by atoms with Gasteiger partial charge >= 0.3 is 0 Å². The fraction of sp³-hybridized carbons (Fsp3) is 0.158. The molecule has 0 atom stereocenters. The summed E-state index contributed by atoms with van der Waals surface area (Å²) in [5, 5.41) is 0. The van der Waals surface area contributed by atoms with Crippen molar-refractivity contribution >= 4 is 5.91 Å². The van der Waals surface area contributed by atoms with E-state index in [1.807, 2.05) is 12.1 Å². The Bertz CT molecular complexity index is 1010. The lowest BCUT2D eigenvalue weighted by Gasteiger charge is -2.17. The number of H-pyrrole nitrogens is 1. The number of pyridine rings is 1. The zero-order valence-electron chi connectivity index (χ0n) is 14.0. The molecule has 1 aliphatic rings. The van der Waals surface area contributed by atoms with Crippen LogP contribution in [0.1, 0.15) is 15.9 Å². The molecule has 4 rings (SSSR count). The van der Waals surface area contributed by atoms with Gasteiger partial charge in [0.05, 0.1) is 12.0 Å². The lowest BCUT2D eigenvalue weighted by molar-refractivity contribution is 0.0783. The molecule has 3 aromatic rings. The molecule has 2 aromatic heterocycles. The number of amides is 1. The highest BCUT2D eigenvalue weighted by Gasteiger charge is 2.18. The molecule has 1 N–H and O–H groups in total. The second-order valence-electron chi connectivity index (χ2n) is 5.94. The van der Waals surface area contributed by atoms with E-state index >= 15 is 0 Å². The van der Waals surface area contributed by atoms with Gasteiger partial charge in [0.25, 0.3) is 11.5 Å². The van der Waals surface area contributed by atoms with Gasteiger partial charge in [0, 0.05) is 13.6 Å². The standard InChI is InChI=1S/C19H16N2O5/c1-21(10-12-4-7-16-17(9-12)26-11-25-16)19(23)13-5-6-14(20-18(13)22)15-3-2-8-24-15/h2-9H,10-11H2,1H3,(H,20,22). The van der Waals surface area contributed by atoms with Gasteiger partial charge in [-0.2, -0.15) is 0 Å². The molecule has 0 spiro atoms. The minimum absolute atomic E-state index is 0.0727. The third kappa shape index (κ3) is 2.95. The Labute approximate surface area is 148 Å². The molecule has 0 fully saturated rings. The van der Waals surface area contributed by atoms with Crippen LogP contribution in [0.2, 0.25) is 0 Å². The Balaban J connectivity index is 1.52. The first-order valence-corrected chi connectivity index (χ1v) is 8.03. The quantitative estimate of drug-likeness (QED) is 0.780. The van der Waals surface area contributed by atoms with E-state index in [1.165, 1.54) is 17.2 Å². The average molecular weight is 352 g/mol. The zero-order valence-corrected chi connectivity index (χ0v) is 14.0. The van der Waals surface area contributed by atoms with Crippen molar-refractivity contribution < 1.29 is 18.7 Å². The van der Waals surface area contributed by atoms with E-state index < -0.39 is 5.56 Å². The Morgan fingerprint density at radius 3 is 2.77 bits per heavy atom. The summed E-state index contributed by atoms with van der Waals surface area (Å²) in [4.78, 5) is 29.1. The van der Waals surface area contributed by atoms with Crippen LogP contribution in [-0.2, 0) is 6.54 Å². The Kier molecular flexibility index (Phi) is 3.96. The number of benzene rings is 1. The average Bonchev–Trinajstić information content (AvgIpc) is 3.32. The molecule has 0 radical (unpaired) electrons. The molecule has 7 heteroatoms. The number of nitrogens with zero attached hydrogens (tertiary/aromatic N) is 1. The number of hydrogen-bond donors (Lipinski definition) is 1. The van der Waals surface area contributed by atoms with Crippen molar-refractivity contribution in [3.63, 3.8) is 0 Å². The van der Waals surface area contributed by atoms with Crippen LogP contribution in [-0.4, -0.2) is 29.6 Å². The second-order valence-corrected chi connectivity index (χ2v) is 5.94. The van der Waals surface area contributed by atoms with Gasteiger partial charge < -0.3 is 23.8 Å². The van der Waals surface area contributed by atoms with E-state index in [1.54, 1.807) is 31.3 Å². The SMILES string of the molecule is CN(Cc1ccc2c(c1)OCO2)C(=O)c1ccc(-c2ccco2)[nH]c1=O. The minimum atomic E-state index is -0.457. The van der Waals surface area contributed by atoms with Gasteiger partial charge in [-0.25, -0.2) is 0 Å². The monoisotopic (exact) mass is 352 g/mol. The molecular formula is C19H16N2O5. The number of hydrogen-bond acceptors (Lipinski definition) is 5. The molecule has 1 amide bonds. The van der Waals surface area contributed by atoms with Crippen LogP contribution in [0.15, 0.2) is 57.9 Å². The Hall–Kier alpha value is -3.48. The van der Waals surface area contributed by atoms with Gasteiger partial charge in [-0.05, 0) is 42.0 Å². The van der Waals surface area contributed by atoms with E-state index in [0.717, 1.165) is 5.56 Å². The highest BCUT2D eigenvalue weighted by atomic mass is 16.7. The molecule has 0 saturated carbocycles. The molecule has 7 nitrogen and oxygen atoms in total. The predicted octanol–water partition coefficient (Wildman–Crippen LogP) is 2.64. The number of nitrogens with one attached hydrogen (secondary N) is 1. The molecule has 26 heavy (non-hydrogen) atoms. The highest BCUT2D eigenvalue weighted by molar-refractivity contribution is 5.93. The van der Waals surface area contributed by atoms with Crippen LogP contribution >= 0.6 is 0 Å². The molecule has 0 bridgehead atoms. The Morgan fingerprint density at radius 1 is 1.15 bits per heavy atom. The van der Waals surface area contributed by atoms with Gasteiger partial charge in [0.2, 0.25) is 6.79 Å². The molecule has 0 saturated heterocycles. The fourth-order valence-corrected chi connectivity index (χ4v) is 2.81. The predicted molar refractivity (Wildman–Crippen MR) is 93.1 cm³/mol. The summed E-state index contributed by atoms with van der Waals surface area (Å²) in [6.45, 7) is 0.541. The number of ether oxygens (including phenoxy) is 2. The minimum Gasteiger partial charge on any atom is -0.463 e. The van der Waals surface area contributed by atoms with Crippen molar-refractivity contribution in [3.8, 4) is 23.0 Å². The number of carbonyl (C=O) groups is 1. The summed E-state index contributed by atoms with van der Waals surface area (Å²) < 4.78 is 15.9. The summed E-state index contributed by atoms with van der Waals surface area (Å²) in [6.07, 6.45) is 1.52. The van der Waals surface area contributed by atoms with Gasteiger partial charge in [0.15, 0.2) is 11.5 Å². The number of aromatic nitrogens is 1. The van der Waals surface area contributed by atoms with Crippen LogP contribution in [0.5, 0.6) is 11.5 Å². The van der Waals surface area contributed by atoms with Gasteiger partial charge in [-0.1, -0.05) is 6.07 Å². The van der Waals surface area contributed by atoms with Gasteiger partial charge in [0.1, 0.15) is 11.3 Å². The van der Waals surface area contributed by atoms with Crippen LogP contribution in [0.3, 0.4) is 0 Å². The lowest BCUT2D eigenvalue weighted by atomic mass is 10.1. The van der Waals surface area contributed by atoms with Crippen molar-refractivity contribution in [2.24, 2.45) is 0 Å². The number of rotatable bonds is 4. The van der Waals surface area contributed by atoms with Crippen molar-refractivity contribution in [2.45, 2.75) is 6.54 Å². The van der Waals surface area contributed by atoms with E-state index in [-0.39, 0.29) is 18.3 Å². The second kappa shape index (κ2) is 6.44. The fourth-order valence-electron chi connectivity index (χ4n) is 2.81. The molecule has 132 valence electrons. The van der Waals surface area contributed by atoms with Crippen LogP contribution < -0.4 is 15.0 Å². The summed E-state index contributed by atoms with van der Waals surface area (Å²) in [5.74, 6) is 1.52. The van der Waals surface area contributed by atoms with E-state index in [9.17, 15) is 9.59 Å². The first-order chi connectivity index (χ1) is 12.6. The van der Waals surface area contributed by atoms with Crippen molar-refractivity contribution in [1.82, 2.24) is 9.88 Å². The topological polar surface area (TPSA) is 84.8 Å². The maximum atomic E-state index is 12.6. The summed E-state index contributed by atoms with van der Waals surface area (Å²) in [5.41, 5.74) is 1.02. The van der Waals surface area contributed by atoms with E-state index in [0.29, 0.717) is 29.5 Å². The molecular weight excluding hydrogens is 336 g/mol. The zero-order chi connectivity index (χ0) is 18.1. The first kappa shape index (κ1) is 16.0. The summed E-state index contributed by atoms with van der Waals surface area (Å²) in [7, 11) is 1.65. The molecule has 1 aliphatic heterocycles. The van der Waals surface area contributed by atoms with Gasteiger partial charge in [-0.15, -0.1) is 0 Å². The highest BCUT2D eigenvalue weighted by Crippen LogP contribution is 2.32. The van der Waals surface area contributed by atoms with Crippen LogP contribution in [0, 0.1) is 0 Å². The van der Waals surface area contributed by atoms with E-state index in [2.05, 4.69) is 4.98 Å². The van der Waals surface area contributed by atoms with Crippen LogP contribution in [0.4, 0.5) is 0 Å². The number of carbonyl (C=O) groups excluding carboxylic acids is 1. The van der Waals surface area contributed by atoms with Crippen molar-refractivity contribution in [2.75, 3.05) is 13.8 Å². The Morgan fingerprint density at radius 2 is 2.00 bits per heavy atom. The summed E-state index contributed by atoms with van der Waals surface area (Å²) in [6, 6.07) is 12.1. The number of aromatic amines is 1.